The van der Waals surface area contributed by atoms with E-state index < -0.39 is 0 Å². The molecule has 2 fully saturated rings. The number of amides is 1. The van der Waals surface area contributed by atoms with E-state index in [0.29, 0.717) is 5.69 Å². The zero-order chi connectivity index (χ0) is 18.9. The zero-order valence-corrected chi connectivity index (χ0v) is 16.4. The molecule has 1 amide bonds. The first-order valence-electron chi connectivity index (χ1n) is 10.2. The van der Waals surface area contributed by atoms with Crippen LogP contribution >= 0.6 is 0 Å². The van der Waals surface area contributed by atoms with Gasteiger partial charge in [-0.3, -0.25) is 9.48 Å². The molecular formula is C22H30N4O. The summed E-state index contributed by atoms with van der Waals surface area (Å²) >= 11 is 0. The molecular weight excluding hydrogens is 336 g/mol. The van der Waals surface area contributed by atoms with E-state index in [0.717, 1.165) is 25.8 Å². The lowest BCUT2D eigenvalue weighted by molar-refractivity contribution is 0.0602. The molecule has 2 saturated heterocycles. The zero-order valence-electron chi connectivity index (χ0n) is 16.4. The summed E-state index contributed by atoms with van der Waals surface area (Å²) in [5.74, 6) is 0.118. The number of hydrogen-bond donors (Lipinski definition) is 1. The number of hydrogen-bond acceptors (Lipinski definition) is 3. The Labute approximate surface area is 161 Å². The molecule has 0 radical (unpaired) electrons. The van der Waals surface area contributed by atoms with Crippen LogP contribution in [0.5, 0.6) is 0 Å². The van der Waals surface area contributed by atoms with Crippen LogP contribution in [0, 0.1) is 0 Å². The molecule has 27 heavy (non-hydrogen) atoms. The Bertz CT molecular complexity index is 787. The van der Waals surface area contributed by atoms with Gasteiger partial charge in [0.2, 0.25) is 0 Å². The molecule has 0 bridgehead atoms. The fraction of sp³-hybridized carbons (Fsp3) is 0.545. The monoisotopic (exact) mass is 366 g/mol. The Kier molecular flexibility index (Phi) is 5.04. The van der Waals surface area contributed by atoms with E-state index in [1.54, 1.807) is 10.9 Å². The van der Waals surface area contributed by atoms with Crippen LogP contribution in [-0.4, -0.2) is 44.8 Å². The van der Waals surface area contributed by atoms with Crippen LogP contribution in [-0.2, 0) is 13.5 Å². The third kappa shape index (κ3) is 3.53. The van der Waals surface area contributed by atoms with E-state index in [-0.39, 0.29) is 23.5 Å². The van der Waals surface area contributed by atoms with Gasteiger partial charge in [0.1, 0.15) is 5.69 Å². The van der Waals surface area contributed by atoms with Gasteiger partial charge in [0.25, 0.3) is 5.91 Å². The molecule has 5 heteroatoms. The molecule has 0 spiro atoms. The predicted molar refractivity (Wildman–Crippen MR) is 107 cm³/mol. The number of likely N-dealkylation sites (tertiary alicyclic amines) is 1. The molecule has 5 nitrogen and oxygen atoms in total. The minimum atomic E-state index is -0.0197. The fourth-order valence-electron chi connectivity index (χ4n) is 5.03. The second kappa shape index (κ2) is 7.47. The maximum absolute atomic E-state index is 13.6. The van der Waals surface area contributed by atoms with Crippen molar-refractivity contribution in [3.8, 4) is 0 Å². The van der Waals surface area contributed by atoms with Gasteiger partial charge in [-0.2, -0.15) is 5.10 Å². The lowest BCUT2D eigenvalue weighted by Crippen LogP contribution is -2.55. The maximum Gasteiger partial charge on any atom is 0.272 e. The number of aryl methyl sites for hydroxylation is 1. The van der Waals surface area contributed by atoms with Crippen molar-refractivity contribution in [1.82, 2.24) is 20.0 Å². The van der Waals surface area contributed by atoms with E-state index in [4.69, 9.17) is 0 Å². The van der Waals surface area contributed by atoms with Gasteiger partial charge in [-0.25, -0.2) is 0 Å². The Morgan fingerprint density at radius 1 is 1.22 bits per heavy atom. The van der Waals surface area contributed by atoms with Crippen molar-refractivity contribution in [1.29, 1.82) is 0 Å². The topological polar surface area (TPSA) is 50.2 Å². The first-order chi connectivity index (χ1) is 13.1. The highest BCUT2D eigenvalue weighted by Crippen LogP contribution is 2.39. The summed E-state index contributed by atoms with van der Waals surface area (Å²) in [5.41, 5.74) is 1.95. The SMILES string of the molecule is Cn1nccc1C(=O)N1[C@H](Cc2ccccc2)C[C@]2(C)NCCCCC[C@H]12. The lowest BCUT2D eigenvalue weighted by atomic mass is 9.85. The van der Waals surface area contributed by atoms with E-state index in [2.05, 4.69) is 46.5 Å². The number of fused-ring (bicyclic) bond motifs is 1. The molecule has 2 aromatic rings. The highest BCUT2D eigenvalue weighted by Gasteiger charge is 2.51. The second-order valence-electron chi connectivity index (χ2n) is 8.31. The number of carbonyl (C=O) groups excluding carboxylic acids is 1. The van der Waals surface area contributed by atoms with Crippen LogP contribution in [0.4, 0.5) is 0 Å². The van der Waals surface area contributed by atoms with Gasteiger partial charge in [0.15, 0.2) is 0 Å². The Morgan fingerprint density at radius 3 is 2.78 bits per heavy atom. The number of benzene rings is 1. The quantitative estimate of drug-likeness (QED) is 0.908. The number of nitrogens with zero attached hydrogens (tertiary/aromatic N) is 3. The van der Waals surface area contributed by atoms with Gasteiger partial charge < -0.3 is 10.2 Å². The standard InChI is InChI=1S/C22H30N4O/c1-22-16-18(15-17-9-5-3-6-10-17)26(20(22)11-7-4-8-13-23-22)21(27)19-12-14-24-25(19)2/h3,5-6,9-10,12,14,18,20,23H,4,7-8,11,13,15-16H2,1-2H3/t18-,20+,22+/m1/s1. The molecule has 1 aromatic carbocycles. The molecule has 1 N–H and O–H groups in total. The Hall–Kier alpha value is -2.14. The molecule has 1 aromatic heterocycles. The molecule has 2 aliphatic heterocycles. The van der Waals surface area contributed by atoms with Gasteiger partial charge >= 0.3 is 0 Å². The van der Waals surface area contributed by atoms with Gasteiger partial charge in [-0.1, -0.05) is 43.2 Å². The summed E-state index contributed by atoms with van der Waals surface area (Å²) in [5, 5.41) is 8.03. The largest absolute Gasteiger partial charge is 0.329 e. The van der Waals surface area contributed by atoms with Crippen LogP contribution in [0.25, 0.3) is 0 Å². The summed E-state index contributed by atoms with van der Waals surface area (Å²) in [7, 11) is 1.85. The van der Waals surface area contributed by atoms with Crippen molar-refractivity contribution in [3.05, 3.63) is 53.9 Å². The average molecular weight is 367 g/mol. The summed E-state index contributed by atoms with van der Waals surface area (Å²) < 4.78 is 1.70. The van der Waals surface area contributed by atoms with Crippen molar-refractivity contribution in [2.75, 3.05) is 6.54 Å². The number of nitrogens with one attached hydrogen (secondary N) is 1. The molecule has 0 aliphatic carbocycles. The van der Waals surface area contributed by atoms with Gasteiger partial charge in [-0.05, 0) is 50.8 Å². The summed E-state index contributed by atoms with van der Waals surface area (Å²) in [6.07, 6.45) is 8.32. The van der Waals surface area contributed by atoms with E-state index in [1.165, 1.54) is 24.8 Å². The third-order valence-electron chi connectivity index (χ3n) is 6.40. The molecule has 144 valence electrons. The summed E-state index contributed by atoms with van der Waals surface area (Å²) in [6, 6.07) is 12.8. The van der Waals surface area contributed by atoms with Crippen LogP contribution < -0.4 is 5.32 Å². The minimum Gasteiger partial charge on any atom is -0.329 e. The first-order valence-corrected chi connectivity index (χ1v) is 10.2. The maximum atomic E-state index is 13.6. The van der Waals surface area contributed by atoms with Crippen molar-refractivity contribution in [2.24, 2.45) is 7.05 Å². The number of rotatable bonds is 3. The van der Waals surface area contributed by atoms with Crippen LogP contribution in [0.3, 0.4) is 0 Å². The Balaban J connectivity index is 1.69. The smallest absolute Gasteiger partial charge is 0.272 e. The van der Waals surface area contributed by atoms with Gasteiger partial charge in [0, 0.05) is 24.8 Å². The fourth-order valence-corrected chi connectivity index (χ4v) is 5.03. The third-order valence-corrected chi connectivity index (χ3v) is 6.40. The van der Waals surface area contributed by atoms with Crippen LogP contribution in [0.15, 0.2) is 42.6 Å². The average Bonchev–Trinajstić information content (AvgIpc) is 3.18. The van der Waals surface area contributed by atoms with Crippen molar-refractivity contribution < 1.29 is 4.79 Å². The highest BCUT2D eigenvalue weighted by atomic mass is 16.2. The molecule has 0 unspecified atom stereocenters. The first kappa shape index (κ1) is 18.2. The van der Waals surface area contributed by atoms with Crippen LogP contribution in [0.1, 0.15) is 55.1 Å². The lowest BCUT2D eigenvalue weighted by Gasteiger charge is -2.38. The normalized spacial score (nSPS) is 28.4. The molecule has 2 aliphatic rings. The molecule has 4 rings (SSSR count). The Morgan fingerprint density at radius 2 is 2.04 bits per heavy atom. The van der Waals surface area contributed by atoms with Crippen molar-refractivity contribution >= 4 is 5.91 Å². The number of carbonyl (C=O) groups is 1. The van der Waals surface area contributed by atoms with E-state index in [1.807, 2.05) is 19.2 Å². The van der Waals surface area contributed by atoms with Crippen molar-refractivity contribution in [3.63, 3.8) is 0 Å². The minimum absolute atomic E-state index is 0.0197. The molecule has 0 saturated carbocycles. The van der Waals surface area contributed by atoms with E-state index >= 15 is 0 Å². The highest BCUT2D eigenvalue weighted by molar-refractivity contribution is 5.93. The van der Waals surface area contributed by atoms with E-state index in [9.17, 15) is 4.79 Å². The summed E-state index contributed by atoms with van der Waals surface area (Å²) in [4.78, 5) is 15.7. The second-order valence-corrected chi connectivity index (χ2v) is 8.31. The summed E-state index contributed by atoms with van der Waals surface area (Å²) in [6.45, 7) is 3.36. The van der Waals surface area contributed by atoms with Crippen molar-refractivity contribution in [2.45, 2.75) is 63.1 Å². The number of aromatic nitrogens is 2. The van der Waals surface area contributed by atoms with Gasteiger partial charge in [0.05, 0.1) is 6.04 Å². The predicted octanol–water partition coefficient (Wildman–Crippen LogP) is 3.17. The van der Waals surface area contributed by atoms with Gasteiger partial charge in [-0.15, -0.1) is 0 Å². The molecule has 3 atom stereocenters. The van der Waals surface area contributed by atoms with Crippen LogP contribution in [0.2, 0.25) is 0 Å². The molecule has 3 heterocycles.